The highest BCUT2D eigenvalue weighted by molar-refractivity contribution is 7.09. The fraction of sp³-hybridized carbons (Fsp3) is 0.562. The van der Waals surface area contributed by atoms with Crippen molar-refractivity contribution in [2.75, 3.05) is 0 Å². The summed E-state index contributed by atoms with van der Waals surface area (Å²) in [4.78, 5) is 4.65. The first kappa shape index (κ1) is 16.0. The van der Waals surface area contributed by atoms with E-state index in [1.165, 1.54) is 0 Å². The summed E-state index contributed by atoms with van der Waals surface area (Å²) in [5, 5.41) is 21.8. The van der Waals surface area contributed by atoms with Crippen LogP contribution in [0.2, 0.25) is 0 Å². The van der Waals surface area contributed by atoms with Crippen LogP contribution < -0.4 is 0 Å². The van der Waals surface area contributed by atoms with Crippen molar-refractivity contribution in [3.05, 3.63) is 39.1 Å². The molecule has 0 saturated heterocycles. The summed E-state index contributed by atoms with van der Waals surface area (Å²) in [6, 6.07) is 1.93. The normalized spacial score (nSPS) is 13.4. The van der Waals surface area contributed by atoms with Crippen molar-refractivity contribution in [3.63, 3.8) is 0 Å². The zero-order valence-corrected chi connectivity index (χ0v) is 14.2. The molecule has 0 spiro atoms. The molecule has 0 fully saturated rings. The lowest BCUT2D eigenvalue weighted by Gasteiger charge is -2.15. The molecular weight excluding hydrogens is 282 g/mol. The number of nitrogens with zero attached hydrogens (tertiary/aromatic N) is 3. The summed E-state index contributed by atoms with van der Waals surface area (Å²) in [5.41, 5.74) is 3.69. The lowest BCUT2D eigenvalue weighted by Crippen LogP contribution is -2.12. The lowest BCUT2D eigenvalue weighted by molar-refractivity contribution is 0.176. The Hall–Kier alpha value is -1.33. The van der Waals surface area contributed by atoms with Gasteiger partial charge in [0.25, 0.3) is 0 Å². The zero-order chi connectivity index (χ0) is 15.6. The van der Waals surface area contributed by atoms with Crippen LogP contribution >= 0.6 is 11.3 Å². The predicted octanol–water partition coefficient (Wildman–Crippen LogP) is 3.38. The van der Waals surface area contributed by atoms with Gasteiger partial charge >= 0.3 is 0 Å². The molecule has 0 aromatic carbocycles. The first-order chi connectivity index (χ1) is 9.81. The minimum atomic E-state index is -0.576. The Morgan fingerprint density at radius 2 is 2.00 bits per heavy atom. The molecule has 4 nitrogen and oxygen atoms in total. The maximum atomic E-state index is 10.5. The standard InChI is InChI=1S/C16H23N3OS/c1-6-12-11(7-10(2)18-19-12)13(20)8-15-17-14(9-21-15)16(3,4)5/h7,9,13,20H,6,8H2,1-5H3. The number of aromatic nitrogens is 3. The summed E-state index contributed by atoms with van der Waals surface area (Å²) >= 11 is 1.61. The molecule has 114 valence electrons. The maximum absolute atomic E-state index is 10.5. The Balaban J connectivity index is 2.20. The minimum absolute atomic E-state index is 0.0447. The molecule has 0 saturated carbocycles. The number of rotatable bonds is 4. The van der Waals surface area contributed by atoms with E-state index >= 15 is 0 Å². The van der Waals surface area contributed by atoms with E-state index in [1.54, 1.807) is 11.3 Å². The van der Waals surface area contributed by atoms with Crippen LogP contribution in [0.25, 0.3) is 0 Å². The molecule has 0 aliphatic carbocycles. The topological polar surface area (TPSA) is 58.9 Å². The largest absolute Gasteiger partial charge is 0.388 e. The molecule has 2 heterocycles. The average Bonchev–Trinajstić information content (AvgIpc) is 2.87. The van der Waals surface area contributed by atoms with Crippen LogP contribution in [0.5, 0.6) is 0 Å². The third kappa shape index (κ3) is 3.86. The third-order valence-electron chi connectivity index (χ3n) is 3.41. The van der Waals surface area contributed by atoms with E-state index in [1.807, 2.05) is 19.9 Å². The Labute approximate surface area is 130 Å². The highest BCUT2D eigenvalue weighted by Crippen LogP contribution is 2.27. The van der Waals surface area contributed by atoms with Crippen molar-refractivity contribution in [2.24, 2.45) is 0 Å². The number of aliphatic hydroxyl groups is 1. The fourth-order valence-electron chi connectivity index (χ4n) is 2.12. The van der Waals surface area contributed by atoms with Gasteiger partial charge in [0.15, 0.2) is 0 Å². The van der Waals surface area contributed by atoms with Crippen LogP contribution in [-0.4, -0.2) is 20.3 Å². The van der Waals surface area contributed by atoms with Gasteiger partial charge in [-0.2, -0.15) is 10.2 Å². The summed E-state index contributed by atoms with van der Waals surface area (Å²) < 4.78 is 0. The van der Waals surface area contributed by atoms with Crippen LogP contribution in [0, 0.1) is 6.92 Å². The number of thiazole rings is 1. The van der Waals surface area contributed by atoms with Gasteiger partial charge in [-0.25, -0.2) is 4.98 Å². The van der Waals surface area contributed by atoms with Crippen LogP contribution in [0.3, 0.4) is 0 Å². The number of aliphatic hydroxyl groups excluding tert-OH is 1. The van der Waals surface area contributed by atoms with E-state index in [2.05, 4.69) is 41.3 Å². The molecule has 2 aromatic heterocycles. The first-order valence-corrected chi connectivity index (χ1v) is 8.15. The van der Waals surface area contributed by atoms with Gasteiger partial charge in [0.1, 0.15) is 0 Å². The Kier molecular flexibility index (Phi) is 4.74. The highest BCUT2D eigenvalue weighted by atomic mass is 32.1. The van der Waals surface area contributed by atoms with Crippen LogP contribution in [0.4, 0.5) is 0 Å². The molecular formula is C16H23N3OS. The van der Waals surface area contributed by atoms with Crippen molar-refractivity contribution in [3.8, 4) is 0 Å². The highest BCUT2D eigenvalue weighted by Gasteiger charge is 2.20. The van der Waals surface area contributed by atoms with Crippen molar-refractivity contribution < 1.29 is 5.11 Å². The second kappa shape index (κ2) is 6.20. The molecule has 0 bridgehead atoms. The SMILES string of the molecule is CCc1nnc(C)cc1C(O)Cc1nc(C(C)(C)C)cs1. The van der Waals surface area contributed by atoms with Crippen molar-refractivity contribution in [1.82, 2.24) is 15.2 Å². The van der Waals surface area contributed by atoms with Gasteiger partial charge in [-0.3, -0.25) is 0 Å². The summed E-state index contributed by atoms with van der Waals surface area (Å²) in [5.74, 6) is 0. The molecule has 1 N–H and O–H groups in total. The van der Waals surface area contributed by atoms with Gasteiger partial charge in [-0.1, -0.05) is 27.7 Å². The minimum Gasteiger partial charge on any atom is -0.388 e. The number of hydrogen-bond donors (Lipinski definition) is 1. The molecule has 1 unspecified atom stereocenters. The van der Waals surface area contributed by atoms with E-state index in [4.69, 9.17) is 0 Å². The van der Waals surface area contributed by atoms with Gasteiger partial charge in [0, 0.05) is 22.8 Å². The Bertz CT molecular complexity index is 616. The predicted molar refractivity (Wildman–Crippen MR) is 85.6 cm³/mol. The molecule has 2 aromatic rings. The van der Waals surface area contributed by atoms with E-state index < -0.39 is 6.10 Å². The molecule has 0 amide bonds. The zero-order valence-electron chi connectivity index (χ0n) is 13.3. The summed E-state index contributed by atoms with van der Waals surface area (Å²) in [6.45, 7) is 10.4. The Morgan fingerprint density at radius 1 is 1.29 bits per heavy atom. The molecule has 21 heavy (non-hydrogen) atoms. The molecule has 2 rings (SSSR count). The molecule has 0 aliphatic rings. The van der Waals surface area contributed by atoms with Gasteiger partial charge in [-0.05, 0) is 19.4 Å². The molecule has 1 atom stereocenters. The van der Waals surface area contributed by atoms with Crippen molar-refractivity contribution in [2.45, 2.75) is 59.0 Å². The molecule has 0 radical (unpaired) electrons. The second-order valence-electron chi connectivity index (χ2n) is 6.34. The van der Waals surface area contributed by atoms with Crippen LogP contribution in [-0.2, 0) is 18.3 Å². The smallest absolute Gasteiger partial charge is 0.0957 e. The monoisotopic (exact) mass is 305 g/mol. The second-order valence-corrected chi connectivity index (χ2v) is 7.28. The molecule has 5 heteroatoms. The maximum Gasteiger partial charge on any atom is 0.0957 e. The lowest BCUT2D eigenvalue weighted by atomic mass is 9.93. The van der Waals surface area contributed by atoms with Crippen LogP contribution in [0.15, 0.2) is 11.4 Å². The average molecular weight is 305 g/mol. The van der Waals surface area contributed by atoms with Gasteiger partial charge in [0.05, 0.1) is 28.2 Å². The van der Waals surface area contributed by atoms with Crippen molar-refractivity contribution in [1.29, 1.82) is 0 Å². The van der Waals surface area contributed by atoms with E-state index in [0.717, 1.165) is 34.1 Å². The van der Waals surface area contributed by atoms with E-state index in [0.29, 0.717) is 6.42 Å². The van der Waals surface area contributed by atoms with E-state index in [9.17, 15) is 5.11 Å². The first-order valence-electron chi connectivity index (χ1n) is 7.27. The Morgan fingerprint density at radius 3 is 2.57 bits per heavy atom. The number of aryl methyl sites for hydroxylation is 2. The van der Waals surface area contributed by atoms with Gasteiger partial charge < -0.3 is 5.11 Å². The third-order valence-corrected chi connectivity index (χ3v) is 4.28. The van der Waals surface area contributed by atoms with Gasteiger partial charge in [-0.15, -0.1) is 11.3 Å². The molecule has 0 aliphatic heterocycles. The van der Waals surface area contributed by atoms with Gasteiger partial charge in [0.2, 0.25) is 0 Å². The quantitative estimate of drug-likeness (QED) is 0.941. The number of hydrogen-bond acceptors (Lipinski definition) is 5. The van der Waals surface area contributed by atoms with Crippen molar-refractivity contribution >= 4 is 11.3 Å². The summed E-state index contributed by atoms with van der Waals surface area (Å²) in [6.07, 6.45) is 0.719. The van der Waals surface area contributed by atoms with Crippen LogP contribution in [0.1, 0.15) is 61.5 Å². The fourth-order valence-corrected chi connectivity index (χ4v) is 3.18. The summed E-state index contributed by atoms with van der Waals surface area (Å²) in [7, 11) is 0. The van der Waals surface area contributed by atoms with E-state index in [-0.39, 0.29) is 5.41 Å².